The molecule has 1 amide bonds. The summed E-state index contributed by atoms with van der Waals surface area (Å²) in [7, 11) is 0. The molecule has 0 bridgehead atoms. The maximum absolute atomic E-state index is 11.9. The van der Waals surface area contributed by atoms with Gasteiger partial charge < -0.3 is 5.32 Å². The zero-order valence-electron chi connectivity index (χ0n) is 10.6. The van der Waals surface area contributed by atoms with E-state index < -0.39 is 0 Å². The average molecular weight is 240 g/mol. The zero-order chi connectivity index (χ0) is 13.0. The third kappa shape index (κ3) is 2.74. The molecule has 0 spiro atoms. The van der Waals surface area contributed by atoms with Gasteiger partial charge in [0.25, 0.3) is 5.91 Å². The molecule has 0 saturated heterocycles. The summed E-state index contributed by atoms with van der Waals surface area (Å²) in [5.41, 5.74) is 4.00. The average Bonchev–Trinajstić information content (AvgIpc) is 2.39. The lowest BCUT2D eigenvalue weighted by atomic mass is 10.0. The van der Waals surface area contributed by atoms with Gasteiger partial charge in [0.05, 0.1) is 0 Å². The van der Waals surface area contributed by atoms with Gasteiger partial charge in [0, 0.05) is 12.7 Å². The van der Waals surface area contributed by atoms with Gasteiger partial charge >= 0.3 is 0 Å². The normalized spacial score (nSPS) is 10.1. The third-order valence-corrected chi connectivity index (χ3v) is 2.97. The predicted molar refractivity (Wildman–Crippen MR) is 71.3 cm³/mol. The van der Waals surface area contributed by atoms with Crippen molar-refractivity contribution >= 4 is 5.91 Å². The van der Waals surface area contributed by atoms with E-state index in [1.54, 1.807) is 24.4 Å². The molecule has 1 N–H and O–H groups in total. The molecule has 92 valence electrons. The second-order valence-corrected chi connectivity index (χ2v) is 4.27. The first kappa shape index (κ1) is 12.3. The topological polar surface area (TPSA) is 42.0 Å². The molecule has 0 radical (unpaired) electrons. The van der Waals surface area contributed by atoms with Crippen LogP contribution in [0.3, 0.4) is 0 Å². The van der Waals surface area contributed by atoms with Crippen molar-refractivity contribution < 1.29 is 4.79 Å². The molecule has 0 aliphatic carbocycles. The van der Waals surface area contributed by atoms with Gasteiger partial charge in [-0.2, -0.15) is 0 Å². The maximum atomic E-state index is 11.9. The summed E-state index contributed by atoms with van der Waals surface area (Å²) in [4.78, 5) is 15.9. The van der Waals surface area contributed by atoms with Gasteiger partial charge in [0.15, 0.2) is 0 Å². The Morgan fingerprint density at radius 1 is 1.11 bits per heavy atom. The molecule has 18 heavy (non-hydrogen) atoms. The van der Waals surface area contributed by atoms with Crippen LogP contribution in [0.2, 0.25) is 0 Å². The van der Waals surface area contributed by atoms with Gasteiger partial charge in [-0.15, -0.1) is 0 Å². The largest absolute Gasteiger partial charge is 0.347 e. The summed E-state index contributed by atoms with van der Waals surface area (Å²) in [6.45, 7) is 4.64. The Morgan fingerprint density at radius 3 is 2.44 bits per heavy atom. The molecule has 1 aromatic carbocycles. The molecular formula is C15H16N2O. The van der Waals surface area contributed by atoms with Crippen molar-refractivity contribution in [3.63, 3.8) is 0 Å². The number of amides is 1. The Morgan fingerprint density at radius 2 is 1.83 bits per heavy atom. The van der Waals surface area contributed by atoms with Crippen LogP contribution in [0, 0.1) is 13.8 Å². The van der Waals surface area contributed by atoms with Crippen LogP contribution in [0.25, 0.3) is 0 Å². The Labute approximate surface area is 107 Å². The molecule has 1 aromatic heterocycles. The molecule has 3 nitrogen and oxygen atoms in total. The summed E-state index contributed by atoms with van der Waals surface area (Å²) in [6.07, 6.45) is 1.62. The second kappa shape index (κ2) is 5.45. The highest BCUT2D eigenvalue weighted by Crippen LogP contribution is 2.12. The Hall–Kier alpha value is -2.16. The van der Waals surface area contributed by atoms with Gasteiger partial charge in [-0.05, 0) is 42.7 Å². The van der Waals surface area contributed by atoms with Gasteiger partial charge in [-0.25, -0.2) is 0 Å². The first-order valence-electron chi connectivity index (χ1n) is 5.93. The fraction of sp³-hybridized carbons (Fsp3) is 0.200. The number of aromatic nitrogens is 1. The van der Waals surface area contributed by atoms with Crippen molar-refractivity contribution in [1.82, 2.24) is 10.3 Å². The van der Waals surface area contributed by atoms with Crippen LogP contribution in [0.4, 0.5) is 0 Å². The van der Waals surface area contributed by atoms with Crippen molar-refractivity contribution in [2.24, 2.45) is 0 Å². The first-order valence-corrected chi connectivity index (χ1v) is 5.93. The van der Waals surface area contributed by atoms with E-state index in [1.165, 1.54) is 16.7 Å². The molecule has 0 fully saturated rings. The minimum Gasteiger partial charge on any atom is -0.347 e. The lowest BCUT2D eigenvalue weighted by Crippen LogP contribution is -2.24. The molecule has 0 saturated carbocycles. The number of nitrogens with one attached hydrogen (secondary N) is 1. The molecule has 3 heteroatoms. The van der Waals surface area contributed by atoms with Crippen LogP contribution in [0.5, 0.6) is 0 Å². The van der Waals surface area contributed by atoms with Gasteiger partial charge in [-0.3, -0.25) is 9.78 Å². The van der Waals surface area contributed by atoms with E-state index in [0.29, 0.717) is 12.2 Å². The molecule has 0 atom stereocenters. The highest BCUT2D eigenvalue weighted by Gasteiger charge is 2.07. The van der Waals surface area contributed by atoms with Gasteiger partial charge in [0.2, 0.25) is 0 Å². The number of aryl methyl sites for hydroxylation is 2. The highest BCUT2D eigenvalue weighted by molar-refractivity contribution is 5.92. The number of carbonyl (C=O) groups is 1. The third-order valence-electron chi connectivity index (χ3n) is 2.97. The van der Waals surface area contributed by atoms with Crippen LogP contribution in [-0.4, -0.2) is 10.9 Å². The van der Waals surface area contributed by atoms with Crippen LogP contribution in [0.1, 0.15) is 27.2 Å². The fourth-order valence-electron chi connectivity index (χ4n) is 1.88. The van der Waals surface area contributed by atoms with Crippen molar-refractivity contribution in [1.29, 1.82) is 0 Å². The minimum absolute atomic E-state index is 0.141. The predicted octanol–water partition coefficient (Wildman–Crippen LogP) is 2.63. The van der Waals surface area contributed by atoms with E-state index >= 15 is 0 Å². The Bertz CT molecular complexity index is 529. The number of benzene rings is 1. The van der Waals surface area contributed by atoms with Gasteiger partial charge in [0.1, 0.15) is 5.69 Å². The molecule has 0 unspecified atom stereocenters. The van der Waals surface area contributed by atoms with E-state index in [0.717, 1.165) is 0 Å². The lowest BCUT2D eigenvalue weighted by molar-refractivity contribution is 0.0946. The van der Waals surface area contributed by atoms with Crippen LogP contribution < -0.4 is 5.32 Å². The van der Waals surface area contributed by atoms with E-state index in [9.17, 15) is 4.79 Å². The van der Waals surface area contributed by atoms with Crippen LogP contribution >= 0.6 is 0 Å². The molecule has 2 rings (SSSR count). The van der Waals surface area contributed by atoms with E-state index in [1.807, 2.05) is 6.07 Å². The van der Waals surface area contributed by atoms with Crippen molar-refractivity contribution in [2.45, 2.75) is 20.4 Å². The van der Waals surface area contributed by atoms with Crippen molar-refractivity contribution in [2.75, 3.05) is 0 Å². The van der Waals surface area contributed by atoms with Crippen molar-refractivity contribution in [3.8, 4) is 0 Å². The monoisotopic (exact) mass is 240 g/mol. The molecular weight excluding hydrogens is 224 g/mol. The van der Waals surface area contributed by atoms with Crippen LogP contribution in [0.15, 0.2) is 42.6 Å². The van der Waals surface area contributed by atoms with Crippen molar-refractivity contribution in [3.05, 3.63) is 65.0 Å². The molecule has 0 aliphatic heterocycles. The number of carbonyl (C=O) groups excluding carboxylic acids is 1. The summed E-state index contributed by atoms with van der Waals surface area (Å²) in [5.74, 6) is -0.141. The number of hydrogen-bond acceptors (Lipinski definition) is 2. The Kier molecular flexibility index (Phi) is 3.72. The van der Waals surface area contributed by atoms with E-state index in [-0.39, 0.29) is 5.91 Å². The standard InChI is InChI=1S/C15H16N2O/c1-11-6-5-7-12(2)13(11)10-17-15(18)14-8-3-4-9-16-14/h3-9H,10H2,1-2H3,(H,17,18). The van der Waals surface area contributed by atoms with E-state index in [2.05, 4.69) is 36.3 Å². The minimum atomic E-state index is -0.141. The number of rotatable bonds is 3. The number of hydrogen-bond donors (Lipinski definition) is 1. The summed E-state index contributed by atoms with van der Waals surface area (Å²) >= 11 is 0. The summed E-state index contributed by atoms with van der Waals surface area (Å²) < 4.78 is 0. The molecule has 1 heterocycles. The molecule has 0 aliphatic rings. The first-order chi connectivity index (χ1) is 8.68. The lowest BCUT2D eigenvalue weighted by Gasteiger charge is -2.10. The summed E-state index contributed by atoms with van der Waals surface area (Å²) in [5, 5.41) is 2.90. The fourth-order valence-corrected chi connectivity index (χ4v) is 1.88. The zero-order valence-corrected chi connectivity index (χ0v) is 10.6. The van der Waals surface area contributed by atoms with Crippen LogP contribution in [-0.2, 0) is 6.54 Å². The quantitative estimate of drug-likeness (QED) is 0.896. The summed E-state index contributed by atoms with van der Waals surface area (Å²) in [6, 6.07) is 11.4. The van der Waals surface area contributed by atoms with E-state index in [4.69, 9.17) is 0 Å². The smallest absolute Gasteiger partial charge is 0.270 e. The van der Waals surface area contributed by atoms with Gasteiger partial charge in [-0.1, -0.05) is 24.3 Å². The second-order valence-electron chi connectivity index (χ2n) is 4.27. The number of nitrogens with zero attached hydrogens (tertiary/aromatic N) is 1. The SMILES string of the molecule is Cc1cccc(C)c1CNC(=O)c1ccccn1. The highest BCUT2D eigenvalue weighted by atomic mass is 16.1. The Balaban J connectivity index is 2.07. The number of pyridine rings is 1. The molecule has 2 aromatic rings. The maximum Gasteiger partial charge on any atom is 0.270 e.